The van der Waals surface area contributed by atoms with Crippen LogP contribution in [0.4, 0.5) is 0 Å². The molecule has 1 saturated heterocycles. The lowest BCUT2D eigenvalue weighted by atomic mass is 10.1. The van der Waals surface area contributed by atoms with E-state index in [-0.39, 0.29) is 0 Å². The summed E-state index contributed by atoms with van der Waals surface area (Å²) in [6.07, 6.45) is 6.39. The van der Waals surface area contributed by atoms with E-state index in [0.29, 0.717) is 30.6 Å². The van der Waals surface area contributed by atoms with Crippen LogP contribution in [0.1, 0.15) is 19.3 Å². The first kappa shape index (κ1) is 15.5. The summed E-state index contributed by atoms with van der Waals surface area (Å²) in [5.74, 6) is 0. The lowest BCUT2D eigenvalue weighted by Crippen LogP contribution is -2.33. The van der Waals surface area contributed by atoms with Crippen LogP contribution in [0.3, 0.4) is 0 Å². The van der Waals surface area contributed by atoms with Gasteiger partial charge in [-0.25, -0.2) is 13.1 Å². The minimum absolute atomic E-state index is 0.305. The van der Waals surface area contributed by atoms with Gasteiger partial charge in [0.1, 0.15) is 0 Å². The molecule has 0 saturated carbocycles. The van der Waals surface area contributed by atoms with Crippen LogP contribution in [0.25, 0.3) is 0 Å². The summed E-state index contributed by atoms with van der Waals surface area (Å²) in [5, 5.41) is 3.28. The smallest absolute Gasteiger partial charge is 0.242 e. The molecule has 0 bridgehead atoms. The Morgan fingerprint density at radius 3 is 2.85 bits per heavy atom. The highest BCUT2D eigenvalue weighted by Gasteiger charge is 2.15. The van der Waals surface area contributed by atoms with Crippen molar-refractivity contribution in [3.05, 3.63) is 18.5 Å². The zero-order chi connectivity index (χ0) is 14.4. The third-order valence-corrected chi connectivity index (χ3v) is 4.81. The van der Waals surface area contributed by atoms with Gasteiger partial charge in [0.2, 0.25) is 10.0 Å². The van der Waals surface area contributed by atoms with E-state index in [1.165, 1.54) is 0 Å². The van der Waals surface area contributed by atoms with Crippen molar-refractivity contribution in [2.45, 2.75) is 30.3 Å². The Kier molecular flexibility index (Phi) is 5.59. The molecule has 0 radical (unpaired) electrons. The molecule has 2 N–H and O–H groups in total. The number of hydrogen-bond acceptors (Lipinski definition) is 4. The second-order valence-corrected chi connectivity index (χ2v) is 6.85. The van der Waals surface area contributed by atoms with Crippen molar-refractivity contribution in [3.63, 3.8) is 0 Å². The molecule has 1 aliphatic heterocycles. The molecule has 0 spiro atoms. The van der Waals surface area contributed by atoms with Crippen molar-refractivity contribution >= 4 is 10.0 Å². The van der Waals surface area contributed by atoms with Gasteiger partial charge in [-0.2, -0.15) is 0 Å². The molecule has 114 valence electrons. The fourth-order valence-electron chi connectivity index (χ4n) is 2.21. The van der Waals surface area contributed by atoms with Gasteiger partial charge in [-0.3, -0.25) is 0 Å². The van der Waals surface area contributed by atoms with Crippen LogP contribution in [0, 0.1) is 0 Å². The van der Waals surface area contributed by atoms with Gasteiger partial charge in [0.15, 0.2) is 0 Å². The molecule has 1 aromatic heterocycles. The highest BCUT2D eigenvalue weighted by atomic mass is 32.2. The number of rotatable bonds is 7. The second-order valence-electron chi connectivity index (χ2n) is 5.08. The van der Waals surface area contributed by atoms with Crippen molar-refractivity contribution in [1.82, 2.24) is 14.6 Å². The van der Waals surface area contributed by atoms with Crippen LogP contribution >= 0.6 is 0 Å². The maximum Gasteiger partial charge on any atom is 0.242 e. The molecule has 1 aromatic rings. The van der Waals surface area contributed by atoms with Crippen LogP contribution < -0.4 is 10.0 Å². The fourth-order valence-corrected chi connectivity index (χ4v) is 3.34. The number of ether oxygens (including phenoxy) is 1. The largest absolute Gasteiger partial charge is 0.378 e. The first-order valence-electron chi connectivity index (χ1n) is 7.02. The number of hydrogen-bond donors (Lipinski definition) is 2. The maximum atomic E-state index is 11.9. The molecular formula is C13H23N3O3S. The lowest BCUT2D eigenvalue weighted by molar-refractivity contribution is 0.0322. The van der Waals surface area contributed by atoms with Crippen molar-refractivity contribution < 1.29 is 13.2 Å². The van der Waals surface area contributed by atoms with Crippen molar-refractivity contribution in [3.8, 4) is 0 Å². The normalized spacial score (nSPS) is 17.4. The molecule has 1 aliphatic rings. The third kappa shape index (κ3) is 4.59. The van der Waals surface area contributed by atoms with Crippen LogP contribution in [0.15, 0.2) is 23.4 Å². The average molecular weight is 301 g/mol. The van der Waals surface area contributed by atoms with Gasteiger partial charge in [-0.05, 0) is 38.4 Å². The summed E-state index contributed by atoms with van der Waals surface area (Å²) < 4.78 is 33.9. The van der Waals surface area contributed by atoms with Crippen LogP contribution in [-0.2, 0) is 21.8 Å². The number of nitrogens with one attached hydrogen (secondary N) is 2. The maximum absolute atomic E-state index is 11.9. The Hall–Kier alpha value is -0.890. The molecule has 0 atom stereocenters. The van der Waals surface area contributed by atoms with Gasteiger partial charge in [-0.1, -0.05) is 0 Å². The van der Waals surface area contributed by atoms with Crippen molar-refractivity contribution in [2.75, 3.05) is 26.2 Å². The molecule has 2 heterocycles. The average Bonchev–Trinajstić information content (AvgIpc) is 2.87. The van der Waals surface area contributed by atoms with Crippen LogP contribution in [0.5, 0.6) is 0 Å². The molecular weight excluding hydrogens is 278 g/mol. The van der Waals surface area contributed by atoms with E-state index in [9.17, 15) is 8.42 Å². The van der Waals surface area contributed by atoms with Gasteiger partial charge in [0.25, 0.3) is 0 Å². The topological polar surface area (TPSA) is 72.4 Å². The van der Waals surface area contributed by atoms with Crippen LogP contribution in [-0.4, -0.2) is 45.3 Å². The Labute approximate surface area is 120 Å². The number of aromatic nitrogens is 1. The summed E-state index contributed by atoms with van der Waals surface area (Å²) in [5.41, 5.74) is 0. The monoisotopic (exact) mass is 301 g/mol. The standard InChI is InChI=1S/C13H23N3O3S/c1-16-9-5-13(11-16)20(17,18)15-6-2-10-19-12-3-7-14-8-4-12/h5,9,11-12,14-15H,2-4,6-8,10H2,1H3. The van der Waals surface area contributed by atoms with Crippen LogP contribution in [0.2, 0.25) is 0 Å². The minimum atomic E-state index is -3.38. The SMILES string of the molecule is Cn1ccc(S(=O)(=O)NCCCOC2CCNCC2)c1. The Morgan fingerprint density at radius 2 is 2.20 bits per heavy atom. The molecule has 20 heavy (non-hydrogen) atoms. The molecule has 7 heteroatoms. The van der Waals surface area contributed by atoms with Gasteiger partial charge < -0.3 is 14.6 Å². The molecule has 0 aromatic carbocycles. The summed E-state index contributed by atoms with van der Waals surface area (Å²) >= 11 is 0. The van der Waals surface area contributed by atoms with Gasteiger partial charge in [0.05, 0.1) is 11.0 Å². The van der Waals surface area contributed by atoms with E-state index >= 15 is 0 Å². The molecule has 0 aliphatic carbocycles. The predicted octanol–water partition coefficient (Wildman–Crippen LogP) is 0.462. The number of nitrogens with zero attached hydrogens (tertiary/aromatic N) is 1. The van der Waals surface area contributed by atoms with Crippen molar-refractivity contribution in [2.24, 2.45) is 7.05 Å². The zero-order valence-electron chi connectivity index (χ0n) is 11.8. The lowest BCUT2D eigenvalue weighted by Gasteiger charge is -2.22. The summed E-state index contributed by atoms with van der Waals surface area (Å²) in [6, 6.07) is 1.59. The molecule has 0 amide bonds. The summed E-state index contributed by atoms with van der Waals surface area (Å²) in [4.78, 5) is 0.305. The highest BCUT2D eigenvalue weighted by molar-refractivity contribution is 7.89. The summed E-state index contributed by atoms with van der Waals surface area (Å²) in [7, 11) is -1.58. The molecule has 1 fully saturated rings. The van der Waals surface area contributed by atoms with Gasteiger partial charge >= 0.3 is 0 Å². The Morgan fingerprint density at radius 1 is 1.45 bits per heavy atom. The van der Waals surface area contributed by atoms with E-state index in [1.807, 2.05) is 0 Å². The number of sulfonamides is 1. The number of aryl methyl sites for hydroxylation is 1. The van der Waals surface area contributed by atoms with Crippen molar-refractivity contribution in [1.29, 1.82) is 0 Å². The first-order chi connectivity index (χ1) is 9.58. The van der Waals surface area contributed by atoms with E-state index < -0.39 is 10.0 Å². The zero-order valence-corrected chi connectivity index (χ0v) is 12.7. The Bertz CT molecular complexity index is 507. The van der Waals surface area contributed by atoms with Gasteiger partial charge in [-0.15, -0.1) is 0 Å². The minimum Gasteiger partial charge on any atom is -0.378 e. The van der Waals surface area contributed by atoms with Gasteiger partial charge in [0, 0.05) is 32.6 Å². The number of piperidine rings is 1. The quantitative estimate of drug-likeness (QED) is 0.718. The first-order valence-corrected chi connectivity index (χ1v) is 8.50. The van der Waals surface area contributed by atoms with E-state index in [0.717, 1.165) is 25.9 Å². The second kappa shape index (κ2) is 7.21. The summed E-state index contributed by atoms with van der Waals surface area (Å²) in [6.45, 7) is 3.01. The van der Waals surface area contributed by atoms with E-state index in [1.54, 1.807) is 30.1 Å². The third-order valence-electron chi connectivity index (χ3n) is 3.37. The molecule has 0 unspecified atom stereocenters. The van der Waals surface area contributed by atoms with E-state index in [2.05, 4.69) is 10.0 Å². The molecule has 2 rings (SSSR count). The van der Waals surface area contributed by atoms with E-state index in [4.69, 9.17) is 4.74 Å². The highest BCUT2D eigenvalue weighted by Crippen LogP contribution is 2.09. The predicted molar refractivity (Wildman–Crippen MR) is 77.1 cm³/mol. The Balaban J connectivity index is 1.65. The molecule has 6 nitrogen and oxygen atoms in total. The fraction of sp³-hybridized carbons (Fsp3) is 0.692.